The van der Waals surface area contributed by atoms with E-state index in [4.69, 9.17) is 4.74 Å². The second-order valence-electron chi connectivity index (χ2n) is 5.31. The minimum atomic E-state index is -1.09. The van der Waals surface area contributed by atoms with Crippen molar-refractivity contribution < 1.29 is 24.2 Å². The zero-order chi connectivity index (χ0) is 16.4. The van der Waals surface area contributed by atoms with Crippen LogP contribution in [0.3, 0.4) is 0 Å². The molecule has 1 fully saturated rings. The van der Waals surface area contributed by atoms with Crippen molar-refractivity contribution in [3.63, 3.8) is 0 Å². The normalized spacial score (nSPS) is 23.8. The van der Waals surface area contributed by atoms with E-state index < -0.39 is 17.3 Å². The minimum absolute atomic E-state index is 0.0199. The molecule has 0 spiro atoms. The fraction of sp³-hybridized carbons (Fsp3) is 0.400. The zero-order valence-electron chi connectivity index (χ0n) is 12.2. The molecule has 0 aromatic heterocycles. The number of thioether (sulfide) groups is 1. The second kappa shape index (κ2) is 6.59. The van der Waals surface area contributed by atoms with Gasteiger partial charge in [-0.2, -0.15) is 0 Å². The Morgan fingerprint density at radius 1 is 1.39 bits per heavy atom. The molecule has 2 aliphatic heterocycles. The Hall–Kier alpha value is -2.06. The van der Waals surface area contributed by atoms with E-state index in [1.807, 2.05) is 18.2 Å². The summed E-state index contributed by atoms with van der Waals surface area (Å²) in [5.74, 6) is -1.67. The van der Waals surface area contributed by atoms with Crippen LogP contribution in [0, 0.1) is 0 Å². The standard InChI is InChI=1S/C15H16N2O5S/c18-13(17-5-6-22-8-10(17)15(20)21)7-12-14(19)16-9-3-1-2-4-11(9)23-12/h1-4,10,12H,5-8H2,(H,16,19)(H,20,21)/t10-,12+/m0/s1. The topological polar surface area (TPSA) is 95.9 Å². The van der Waals surface area contributed by atoms with E-state index in [1.54, 1.807) is 6.07 Å². The number of carboxylic acid groups (broad SMARTS) is 1. The largest absolute Gasteiger partial charge is 0.480 e. The molecule has 1 saturated heterocycles. The van der Waals surface area contributed by atoms with Gasteiger partial charge in [0.1, 0.15) is 0 Å². The van der Waals surface area contributed by atoms with Crippen LogP contribution in [-0.2, 0) is 19.1 Å². The number of carbonyl (C=O) groups excluding carboxylic acids is 2. The van der Waals surface area contributed by atoms with Gasteiger partial charge in [0.05, 0.1) is 24.2 Å². The molecule has 2 atom stereocenters. The summed E-state index contributed by atoms with van der Waals surface area (Å²) in [7, 11) is 0. The summed E-state index contributed by atoms with van der Waals surface area (Å²) in [5, 5.41) is 11.4. The van der Waals surface area contributed by atoms with E-state index >= 15 is 0 Å². The molecule has 7 nitrogen and oxygen atoms in total. The second-order valence-corrected chi connectivity index (χ2v) is 6.56. The number of ether oxygens (including phenoxy) is 1. The third-order valence-corrected chi connectivity index (χ3v) is 5.08. The van der Waals surface area contributed by atoms with Gasteiger partial charge in [-0.15, -0.1) is 11.8 Å². The van der Waals surface area contributed by atoms with Crippen LogP contribution in [0.5, 0.6) is 0 Å². The third-order valence-electron chi connectivity index (χ3n) is 3.80. The number of aliphatic carboxylic acids is 1. The van der Waals surface area contributed by atoms with Gasteiger partial charge in [0.25, 0.3) is 0 Å². The van der Waals surface area contributed by atoms with Gasteiger partial charge in [-0.25, -0.2) is 4.79 Å². The van der Waals surface area contributed by atoms with Gasteiger partial charge in [0, 0.05) is 17.9 Å². The molecule has 2 aliphatic rings. The van der Waals surface area contributed by atoms with Gasteiger partial charge in [0.2, 0.25) is 11.8 Å². The average molecular weight is 336 g/mol. The molecule has 8 heteroatoms. The van der Waals surface area contributed by atoms with Crippen molar-refractivity contribution in [2.24, 2.45) is 0 Å². The Morgan fingerprint density at radius 3 is 2.96 bits per heavy atom. The number of para-hydroxylation sites is 1. The number of benzene rings is 1. The highest BCUT2D eigenvalue weighted by Crippen LogP contribution is 2.36. The predicted molar refractivity (Wildman–Crippen MR) is 83.3 cm³/mol. The van der Waals surface area contributed by atoms with Gasteiger partial charge in [-0.05, 0) is 12.1 Å². The molecule has 3 rings (SSSR count). The number of fused-ring (bicyclic) bond motifs is 1. The number of hydrogen-bond donors (Lipinski definition) is 2. The molecular weight excluding hydrogens is 320 g/mol. The summed E-state index contributed by atoms with van der Waals surface area (Å²) in [6.45, 7) is 0.516. The molecule has 2 amide bonds. The molecule has 0 radical (unpaired) electrons. The predicted octanol–water partition coefficient (Wildman–Crippen LogP) is 0.801. The molecule has 0 saturated carbocycles. The number of rotatable bonds is 3. The maximum absolute atomic E-state index is 12.5. The highest BCUT2D eigenvalue weighted by atomic mass is 32.2. The fourth-order valence-electron chi connectivity index (χ4n) is 2.61. The molecule has 2 heterocycles. The van der Waals surface area contributed by atoms with E-state index in [1.165, 1.54) is 16.7 Å². The molecule has 2 N–H and O–H groups in total. The van der Waals surface area contributed by atoms with E-state index in [0.29, 0.717) is 6.61 Å². The number of carbonyl (C=O) groups is 3. The van der Waals surface area contributed by atoms with Crippen LogP contribution in [0.1, 0.15) is 6.42 Å². The number of carboxylic acids is 1. The molecule has 1 aromatic rings. The lowest BCUT2D eigenvalue weighted by molar-refractivity contribution is -0.158. The first-order valence-electron chi connectivity index (χ1n) is 7.23. The van der Waals surface area contributed by atoms with Crippen molar-refractivity contribution in [2.75, 3.05) is 25.1 Å². The van der Waals surface area contributed by atoms with Crippen molar-refractivity contribution in [1.29, 1.82) is 0 Å². The summed E-state index contributed by atoms with van der Waals surface area (Å²) in [6, 6.07) is 6.40. The van der Waals surface area contributed by atoms with Crippen molar-refractivity contribution in [3.05, 3.63) is 24.3 Å². The number of nitrogens with one attached hydrogen (secondary N) is 1. The van der Waals surface area contributed by atoms with Gasteiger partial charge in [0.15, 0.2) is 6.04 Å². The highest BCUT2D eigenvalue weighted by molar-refractivity contribution is 8.01. The highest BCUT2D eigenvalue weighted by Gasteiger charge is 2.36. The zero-order valence-corrected chi connectivity index (χ0v) is 13.0. The maximum Gasteiger partial charge on any atom is 0.328 e. The van der Waals surface area contributed by atoms with E-state index in [0.717, 1.165) is 10.6 Å². The lowest BCUT2D eigenvalue weighted by atomic mass is 10.1. The van der Waals surface area contributed by atoms with Crippen LogP contribution in [0.4, 0.5) is 5.69 Å². The lowest BCUT2D eigenvalue weighted by Gasteiger charge is -2.34. The number of hydrogen-bond acceptors (Lipinski definition) is 5. The molecule has 1 aromatic carbocycles. The maximum atomic E-state index is 12.5. The minimum Gasteiger partial charge on any atom is -0.480 e. The average Bonchev–Trinajstić information content (AvgIpc) is 2.55. The van der Waals surface area contributed by atoms with Crippen molar-refractivity contribution in [2.45, 2.75) is 22.6 Å². The van der Waals surface area contributed by atoms with Crippen LogP contribution in [0.25, 0.3) is 0 Å². The van der Waals surface area contributed by atoms with Gasteiger partial charge < -0.3 is 20.1 Å². The van der Waals surface area contributed by atoms with Crippen LogP contribution in [0.2, 0.25) is 0 Å². The molecule has 23 heavy (non-hydrogen) atoms. The summed E-state index contributed by atoms with van der Waals surface area (Å²) < 4.78 is 5.12. The SMILES string of the molecule is O=C1Nc2ccccc2S[C@@H]1CC(=O)N1CCOC[C@H]1C(=O)O. The molecule has 0 bridgehead atoms. The van der Waals surface area contributed by atoms with E-state index in [2.05, 4.69) is 5.32 Å². The van der Waals surface area contributed by atoms with Crippen LogP contribution in [0.15, 0.2) is 29.2 Å². The summed E-state index contributed by atoms with van der Waals surface area (Å²) in [4.78, 5) is 38.0. The third kappa shape index (κ3) is 3.32. The summed E-state index contributed by atoms with van der Waals surface area (Å²) >= 11 is 1.33. The summed E-state index contributed by atoms with van der Waals surface area (Å²) in [5.41, 5.74) is 0.737. The van der Waals surface area contributed by atoms with Crippen molar-refractivity contribution >= 4 is 35.2 Å². The summed E-state index contributed by atoms with van der Waals surface area (Å²) in [6.07, 6.45) is -0.0331. The Labute approximate surface area is 137 Å². The van der Waals surface area contributed by atoms with Crippen molar-refractivity contribution in [3.8, 4) is 0 Å². The smallest absolute Gasteiger partial charge is 0.328 e. The Kier molecular flexibility index (Phi) is 4.53. The fourth-order valence-corrected chi connectivity index (χ4v) is 3.71. The monoisotopic (exact) mass is 336 g/mol. The van der Waals surface area contributed by atoms with Gasteiger partial charge in [-0.1, -0.05) is 12.1 Å². The van der Waals surface area contributed by atoms with Gasteiger partial charge >= 0.3 is 5.97 Å². The number of morpholine rings is 1. The van der Waals surface area contributed by atoms with Crippen LogP contribution < -0.4 is 5.32 Å². The number of nitrogens with zero attached hydrogens (tertiary/aromatic N) is 1. The Morgan fingerprint density at radius 2 is 2.17 bits per heavy atom. The molecular formula is C15H16N2O5S. The number of amides is 2. The molecule has 0 unspecified atom stereocenters. The Balaban J connectivity index is 1.70. The quantitative estimate of drug-likeness (QED) is 0.848. The number of anilines is 1. The molecule has 0 aliphatic carbocycles. The van der Waals surface area contributed by atoms with Crippen molar-refractivity contribution in [1.82, 2.24) is 4.90 Å². The lowest BCUT2D eigenvalue weighted by Crippen LogP contribution is -2.53. The van der Waals surface area contributed by atoms with Crippen LogP contribution in [-0.4, -0.2) is 58.8 Å². The first kappa shape index (κ1) is 15.8. The van der Waals surface area contributed by atoms with Crippen LogP contribution >= 0.6 is 11.8 Å². The van der Waals surface area contributed by atoms with E-state index in [9.17, 15) is 19.5 Å². The van der Waals surface area contributed by atoms with Gasteiger partial charge in [-0.3, -0.25) is 9.59 Å². The van der Waals surface area contributed by atoms with E-state index in [-0.39, 0.29) is 31.4 Å². The first-order chi connectivity index (χ1) is 11.1. The Bertz CT molecular complexity index is 651. The first-order valence-corrected chi connectivity index (χ1v) is 8.11. The molecule has 122 valence electrons.